The molecular formula is C10H14INO5. The number of halogens is 1. The monoisotopic (exact) mass is 355 g/mol. The SMILES string of the molecule is CCN(CI)C(=O)COC(=O)/C=C/C(=O)OC. The van der Waals surface area contributed by atoms with Gasteiger partial charge < -0.3 is 14.4 Å². The number of hydrogen-bond donors (Lipinski definition) is 0. The molecule has 0 aromatic heterocycles. The van der Waals surface area contributed by atoms with Crippen molar-refractivity contribution >= 4 is 40.4 Å². The fourth-order valence-electron chi connectivity index (χ4n) is 0.804. The highest BCUT2D eigenvalue weighted by Gasteiger charge is 2.11. The molecule has 17 heavy (non-hydrogen) atoms. The molecule has 0 saturated heterocycles. The van der Waals surface area contributed by atoms with Crippen molar-refractivity contribution in [2.24, 2.45) is 0 Å². The van der Waals surface area contributed by atoms with Crippen LogP contribution in [0.5, 0.6) is 0 Å². The van der Waals surface area contributed by atoms with Gasteiger partial charge in [-0.1, -0.05) is 22.6 Å². The third kappa shape index (κ3) is 6.93. The molecular weight excluding hydrogens is 341 g/mol. The van der Waals surface area contributed by atoms with E-state index < -0.39 is 11.9 Å². The lowest BCUT2D eigenvalue weighted by atomic mass is 10.5. The van der Waals surface area contributed by atoms with Gasteiger partial charge in [0.1, 0.15) is 0 Å². The van der Waals surface area contributed by atoms with Crippen LogP contribution in [0.4, 0.5) is 0 Å². The fourth-order valence-corrected chi connectivity index (χ4v) is 1.67. The average molecular weight is 355 g/mol. The number of nitrogens with zero attached hydrogens (tertiary/aromatic N) is 1. The Balaban J connectivity index is 4.04. The molecule has 6 nitrogen and oxygen atoms in total. The van der Waals surface area contributed by atoms with Crippen LogP contribution in [0.25, 0.3) is 0 Å². The molecule has 0 aliphatic heterocycles. The molecule has 96 valence electrons. The fraction of sp³-hybridized carbons (Fsp3) is 0.500. The van der Waals surface area contributed by atoms with Crippen LogP contribution in [-0.2, 0) is 23.9 Å². The van der Waals surface area contributed by atoms with E-state index >= 15 is 0 Å². The van der Waals surface area contributed by atoms with E-state index in [1.807, 2.05) is 29.5 Å². The second-order valence-electron chi connectivity index (χ2n) is 2.83. The van der Waals surface area contributed by atoms with Crippen LogP contribution in [0.3, 0.4) is 0 Å². The number of rotatable bonds is 6. The number of ether oxygens (including phenoxy) is 2. The van der Waals surface area contributed by atoms with Crippen molar-refractivity contribution in [3.05, 3.63) is 12.2 Å². The number of likely N-dealkylation sites (N-methyl/N-ethyl adjacent to an activating group) is 1. The van der Waals surface area contributed by atoms with E-state index in [-0.39, 0.29) is 12.5 Å². The Morgan fingerprint density at radius 3 is 2.29 bits per heavy atom. The Morgan fingerprint density at radius 1 is 1.24 bits per heavy atom. The average Bonchev–Trinajstić information content (AvgIpc) is 2.34. The molecule has 0 bridgehead atoms. The number of carbonyl (C=O) groups is 3. The third-order valence-electron chi connectivity index (χ3n) is 1.77. The van der Waals surface area contributed by atoms with Crippen LogP contribution in [0, 0.1) is 0 Å². The van der Waals surface area contributed by atoms with Gasteiger partial charge in [0.05, 0.1) is 11.7 Å². The summed E-state index contributed by atoms with van der Waals surface area (Å²) < 4.78 is 9.48. The molecule has 0 rings (SSSR count). The molecule has 0 saturated carbocycles. The molecule has 0 unspecified atom stereocenters. The largest absolute Gasteiger partial charge is 0.466 e. The maximum atomic E-state index is 11.4. The van der Waals surface area contributed by atoms with Crippen LogP contribution in [0.15, 0.2) is 12.2 Å². The van der Waals surface area contributed by atoms with Crippen molar-refractivity contribution in [1.82, 2.24) is 4.90 Å². The van der Waals surface area contributed by atoms with E-state index in [1.165, 1.54) is 12.0 Å². The summed E-state index contributed by atoms with van der Waals surface area (Å²) in [6.07, 6.45) is 1.85. The summed E-state index contributed by atoms with van der Waals surface area (Å²) in [5.74, 6) is -1.69. The Labute approximate surface area is 113 Å². The minimum Gasteiger partial charge on any atom is -0.466 e. The summed E-state index contributed by atoms with van der Waals surface area (Å²) >= 11 is 2.04. The van der Waals surface area contributed by atoms with Gasteiger partial charge >= 0.3 is 11.9 Å². The van der Waals surface area contributed by atoms with Crippen molar-refractivity contribution in [3.63, 3.8) is 0 Å². The predicted octanol–water partition coefficient (Wildman–Crippen LogP) is 0.500. The predicted molar refractivity (Wildman–Crippen MR) is 68.4 cm³/mol. The summed E-state index contributed by atoms with van der Waals surface area (Å²) in [6, 6.07) is 0. The first kappa shape index (κ1) is 15.9. The molecule has 0 N–H and O–H groups in total. The molecule has 0 aliphatic rings. The Kier molecular flexibility index (Phi) is 8.38. The van der Waals surface area contributed by atoms with Gasteiger partial charge in [0.25, 0.3) is 5.91 Å². The summed E-state index contributed by atoms with van der Waals surface area (Å²) in [5.41, 5.74) is 0. The lowest BCUT2D eigenvalue weighted by Gasteiger charge is -2.16. The first-order chi connectivity index (χ1) is 8.04. The number of carbonyl (C=O) groups excluding carboxylic acids is 3. The van der Waals surface area contributed by atoms with Crippen molar-refractivity contribution in [3.8, 4) is 0 Å². The zero-order valence-electron chi connectivity index (χ0n) is 9.64. The number of methoxy groups -OCH3 is 1. The maximum Gasteiger partial charge on any atom is 0.331 e. The van der Waals surface area contributed by atoms with Crippen molar-refractivity contribution < 1.29 is 23.9 Å². The second-order valence-corrected chi connectivity index (χ2v) is 3.52. The van der Waals surface area contributed by atoms with Crippen LogP contribution in [-0.4, -0.2) is 47.6 Å². The number of amides is 1. The highest BCUT2D eigenvalue weighted by molar-refractivity contribution is 14.1. The number of hydrogen-bond acceptors (Lipinski definition) is 5. The lowest BCUT2D eigenvalue weighted by Crippen LogP contribution is -2.33. The minimum atomic E-state index is -0.756. The van der Waals surface area contributed by atoms with Gasteiger partial charge in [-0.15, -0.1) is 0 Å². The van der Waals surface area contributed by atoms with Crippen molar-refractivity contribution in [2.45, 2.75) is 6.92 Å². The van der Waals surface area contributed by atoms with Gasteiger partial charge in [0, 0.05) is 18.7 Å². The van der Waals surface area contributed by atoms with Gasteiger partial charge in [-0.25, -0.2) is 9.59 Å². The highest BCUT2D eigenvalue weighted by Crippen LogP contribution is 1.96. The molecule has 0 fully saturated rings. The molecule has 0 radical (unpaired) electrons. The first-order valence-corrected chi connectivity index (χ1v) is 6.34. The second kappa shape index (κ2) is 8.97. The van der Waals surface area contributed by atoms with Crippen LogP contribution < -0.4 is 0 Å². The van der Waals surface area contributed by atoms with Gasteiger partial charge in [-0.2, -0.15) is 0 Å². The van der Waals surface area contributed by atoms with Crippen LogP contribution in [0.2, 0.25) is 0 Å². The van der Waals surface area contributed by atoms with E-state index in [4.69, 9.17) is 0 Å². The van der Waals surface area contributed by atoms with E-state index in [0.717, 1.165) is 12.2 Å². The molecule has 0 aromatic carbocycles. The maximum absolute atomic E-state index is 11.4. The first-order valence-electron chi connectivity index (χ1n) is 4.81. The Bertz CT molecular complexity index is 312. The summed E-state index contributed by atoms with van der Waals surface area (Å²) in [6.45, 7) is 2.05. The van der Waals surface area contributed by atoms with Crippen LogP contribution >= 0.6 is 22.6 Å². The molecule has 0 spiro atoms. The summed E-state index contributed by atoms with van der Waals surface area (Å²) in [5, 5.41) is 0. The Morgan fingerprint density at radius 2 is 1.82 bits per heavy atom. The summed E-state index contributed by atoms with van der Waals surface area (Å²) in [7, 11) is 1.20. The van der Waals surface area contributed by atoms with Gasteiger partial charge in [-0.3, -0.25) is 4.79 Å². The number of esters is 2. The molecule has 7 heteroatoms. The Hall–Kier alpha value is -1.12. The summed E-state index contributed by atoms with van der Waals surface area (Å²) in [4.78, 5) is 34.7. The van der Waals surface area contributed by atoms with E-state index in [0.29, 0.717) is 11.1 Å². The highest BCUT2D eigenvalue weighted by atomic mass is 127. The quantitative estimate of drug-likeness (QED) is 0.228. The van der Waals surface area contributed by atoms with Crippen molar-refractivity contribution in [2.75, 3.05) is 24.8 Å². The minimum absolute atomic E-state index is 0.276. The molecule has 0 aliphatic carbocycles. The number of alkyl halides is 1. The normalized spacial score (nSPS) is 10.1. The molecule has 1 amide bonds. The topological polar surface area (TPSA) is 72.9 Å². The molecule has 0 heterocycles. The lowest BCUT2D eigenvalue weighted by molar-refractivity contribution is -0.147. The van der Waals surface area contributed by atoms with Gasteiger partial charge in [-0.05, 0) is 6.92 Å². The zero-order valence-corrected chi connectivity index (χ0v) is 11.8. The standard InChI is InChI=1S/C10H14INO5/c1-3-12(7-11)8(13)6-17-10(15)5-4-9(14)16-2/h4-5H,3,6-7H2,1-2H3/b5-4+. The third-order valence-corrected chi connectivity index (χ3v) is 2.60. The zero-order chi connectivity index (χ0) is 13.3. The smallest absolute Gasteiger partial charge is 0.331 e. The van der Waals surface area contributed by atoms with E-state index in [9.17, 15) is 14.4 Å². The van der Waals surface area contributed by atoms with E-state index in [1.54, 1.807) is 0 Å². The van der Waals surface area contributed by atoms with Crippen LogP contribution in [0.1, 0.15) is 6.92 Å². The van der Waals surface area contributed by atoms with Gasteiger partial charge in [0.15, 0.2) is 6.61 Å². The molecule has 0 aromatic rings. The van der Waals surface area contributed by atoms with Gasteiger partial charge in [0.2, 0.25) is 0 Å². The van der Waals surface area contributed by atoms with Crippen molar-refractivity contribution in [1.29, 1.82) is 0 Å². The van der Waals surface area contributed by atoms with E-state index in [2.05, 4.69) is 9.47 Å². The molecule has 0 atom stereocenters.